The first kappa shape index (κ1) is 12.5. The predicted octanol–water partition coefficient (Wildman–Crippen LogP) is 3.48. The quantitative estimate of drug-likeness (QED) is 0.836. The summed E-state index contributed by atoms with van der Waals surface area (Å²) >= 11 is 0. The van der Waals surface area contributed by atoms with E-state index in [1.807, 2.05) is 6.07 Å². The lowest BCUT2D eigenvalue weighted by molar-refractivity contribution is -0.122. The smallest absolute Gasteiger partial charge is 0.250 e. The van der Waals surface area contributed by atoms with Crippen molar-refractivity contribution in [1.29, 1.82) is 0 Å². The summed E-state index contributed by atoms with van der Waals surface area (Å²) in [7, 11) is 0. The third-order valence-electron chi connectivity index (χ3n) is 4.63. The molecule has 1 aromatic rings. The summed E-state index contributed by atoms with van der Waals surface area (Å²) in [5.74, 6) is 0.199. The van der Waals surface area contributed by atoms with Gasteiger partial charge in [-0.15, -0.1) is 0 Å². The van der Waals surface area contributed by atoms with Crippen molar-refractivity contribution in [3.05, 3.63) is 23.8 Å². The standard InChI is InChI=1S/C16H22N2O/c1-3-18-14-11-12(2)7-8-13(14)17-15(19)16(18)9-5-4-6-10-16/h7-8,11H,3-6,9-10H2,1-2H3,(H,17,19). The summed E-state index contributed by atoms with van der Waals surface area (Å²) in [5.41, 5.74) is 3.12. The summed E-state index contributed by atoms with van der Waals surface area (Å²) < 4.78 is 0. The van der Waals surface area contributed by atoms with E-state index in [1.165, 1.54) is 17.7 Å². The summed E-state index contributed by atoms with van der Waals surface area (Å²) in [4.78, 5) is 15.0. The van der Waals surface area contributed by atoms with Crippen LogP contribution in [0, 0.1) is 6.92 Å². The molecule has 0 atom stereocenters. The highest BCUT2D eigenvalue weighted by molar-refractivity contribution is 6.06. The SMILES string of the molecule is CCN1c2cc(C)ccc2NC(=O)C12CCCCC2. The van der Waals surface area contributed by atoms with E-state index < -0.39 is 0 Å². The highest BCUT2D eigenvalue weighted by Crippen LogP contribution is 2.44. The molecule has 0 unspecified atom stereocenters. The summed E-state index contributed by atoms with van der Waals surface area (Å²) in [6.45, 7) is 5.16. The molecule has 0 bridgehead atoms. The second kappa shape index (κ2) is 4.55. The molecule has 102 valence electrons. The first-order valence-corrected chi connectivity index (χ1v) is 7.37. The molecule has 3 rings (SSSR count). The predicted molar refractivity (Wildman–Crippen MR) is 78.6 cm³/mol. The van der Waals surface area contributed by atoms with Gasteiger partial charge in [-0.2, -0.15) is 0 Å². The Bertz CT molecular complexity index is 503. The number of benzene rings is 1. The Morgan fingerprint density at radius 1 is 1.26 bits per heavy atom. The second-order valence-corrected chi connectivity index (χ2v) is 5.81. The number of nitrogens with one attached hydrogen (secondary N) is 1. The lowest BCUT2D eigenvalue weighted by Gasteiger charge is -2.49. The number of nitrogens with zero attached hydrogens (tertiary/aromatic N) is 1. The van der Waals surface area contributed by atoms with E-state index in [0.29, 0.717) is 0 Å². The van der Waals surface area contributed by atoms with Gasteiger partial charge in [0, 0.05) is 6.54 Å². The molecule has 1 spiro atoms. The van der Waals surface area contributed by atoms with E-state index in [1.54, 1.807) is 0 Å². The van der Waals surface area contributed by atoms with E-state index in [4.69, 9.17) is 0 Å². The van der Waals surface area contributed by atoms with Crippen molar-refractivity contribution >= 4 is 17.3 Å². The molecule has 1 aromatic carbocycles. The molecular formula is C16H22N2O. The minimum Gasteiger partial charge on any atom is -0.356 e. The zero-order valence-electron chi connectivity index (χ0n) is 11.8. The van der Waals surface area contributed by atoms with Crippen molar-refractivity contribution in [2.75, 3.05) is 16.8 Å². The molecule has 3 nitrogen and oxygen atoms in total. The van der Waals surface area contributed by atoms with Crippen LogP contribution in [0.4, 0.5) is 11.4 Å². The van der Waals surface area contributed by atoms with Gasteiger partial charge in [-0.3, -0.25) is 4.79 Å². The summed E-state index contributed by atoms with van der Waals surface area (Å²) in [5, 5.41) is 3.13. The Balaban J connectivity index is 2.10. The number of hydrogen-bond acceptors (Lipinski definition) is 2. The van der Waals surface area contributed by atoms with E-state index in [2.05, 4.69) is 36.2 Å². The molecule has 1 fully saturated rings. The van der Waals surface area contributed by atoms with Gasteiger partial charge in [0.05, 0.1) is 11.4 Å². The maximum atomic E-state index is 12.6. The van der Waals surface area contributed by atoms with E-state index in [9.17, 15) is 4.79 Å². The van der Waals surface area contributed by atoms with Gasteiger partial charge in [0.15, 0.2) is 0 Å². The number of aryl methyl sites for hydroxylation is 1. The van der Waals surface area contributed by atoms with Crippen LogP contribution in [-0.4, -0.2) is 18.0 Å². The van der Waals surface area contributed by atoms with Crippen molar-refractivity contribution in [3.8, 4) is 0 Å². The van der Waals surface area contributed by atoms with Gasteiger partial charge in [-0.05, 0) is 44.4 Å². The topological polar surface area (TPSA) is 32.3 Å². The first-order valence-electron chi connectivity index (χ1n) is 7.37. The molecule has 19 heavy (non-hydrogen) atoms. The van der Waals surface area contributed by atoms with E-state index >= 15 is 0 Å². The minimum atomic E-state index is -0.298. The van der Waals surface area contributed by atoms with Crippen LogP contribution in [0.1, 0.15) is 44.6 Å². The number of carbonyl (C=O) groups is 1. The zero-order chi connectivity index (χ0) is 13.5. The van der Waals surface area contributed by atoms with Gasteiger partial charge in [-0.1, -0.05) is 25.3 Å². The molecule has 3 heteroatoms. The number of rotatable bonds is 1. The number of hydrogen-bond donors (Lipinski definition) is 1. The maximum absolute atomic E-state index is 12.6. The number of amides is 1. The molecule has 1 saturated carbocycles. The molecule has 2 aliphatic rings. The molecule has 1 heterocycles. The lowest BCUT2D eigenvalue weighted by Crippen LogP contribution is -2.60. The third kappa shape index (κ3) is 1.83. The fourth-order valence-corrected chi connectivity index (χ4v) is 3.67. The van der Waals surface area contributed by atoms with Crippen LogP contribution >= 0.6 is 0 Å². The number of carbonyl (C=O) groups excluding carboxylic acids is 1. The average molecular weight is 258 g/mol. The highest BCUT2D eigenvalue weighted by atomic mass is 16.2. The van der Waals surface area contributed by atoms with Crippen LogP contribution < -0.4 is 10.2 Å². The van der Waals surface area contributed by atoms with Gasteiger partial charge >= 0.3 is 0 Å². The Kier molecular flexibility index (Phi) is 3.00. The van der Waals surface area contributed by atoms with Crippen molar-refractivity contribution in [2.45, 2.75) is 51.5 Å². The number of fused-ring (bicyclic) bond motifs is 1. The molecule has 1 amide bonds. The zero-order valence-corrected chi connectivity index (χ0v) is 11.8. The molecule has 1 aliphatic heterocycles. The monoisotopic (exact) mass is 258 g/mol. The average Bonchev–Trinajstić information content (AvgIpc) is 2.42. The molecule has 0 radical (unpaired) electrons. The molecular weight excluding hydrogens is 236 g/mol. The normalized spacial score (nSPS) is 21.2. The van der Waals surface area contributed by atoms with Crippen molar-refractivity contribution < 1.29 is 4.79 Å². The Morgan fingerprint density at radius 3 is 2.68 bits per heavy atom. The van der Waals surface area contributed by atoms with Gasteiger partial charge in [0.25, 0.3) is 0 Å². The van der Waals surface area contributed by atoms with Crippen LogP contribution in [0.2, 0.25) is 0 Å². The number of likely N-dealkylation sites (N-methyl/N-ethyl adjacent to an activating group) is 1. The van der Waals surface area contributed by atoms with Crippen LogP contribution in [0.5, 0.6) is 0 Å². The number of anilines is 2. The van der Waals surface area contributed by atoms with Crippen LogP contribution in [0.15, 0.2) is 18.2 Å². The van der Waals surface area contributed by atoms with Gasteiger partial charge in [-0.25, -0.2) is 0 Å². The van der Waals surface area contributed by atoms with Crippen molar-refractivity contribution in [1.82, 2.24) is 0 Å². The van der Waals surface area contributed by atoms with Crippen LogP contribution in [-0.2, 0) is 4.79 Å². The Morgan fingerprint density at radius 2 is 2.00 bits per heavy atom. The van der Waals surface area contributed by atoms with Crippen LogP contribution in [0.3, 0.4) is 0 Å². The maximum Gasteiger partial charge on any atom is 0.250 e. The van der Waals surface area contributed by atoms with Crippen LogP contribution in [0.25, 0.3) is 0 Å². The third-order valence-corrected chi connectivity index (χ3v) is 4.63. The summed E-state index contributed by atoms with van der Waals surface area (Å²) in [6, 6.07) is 6.29. The molecule has 0 aromatic heterocycles. The molecule has 1 aliphatic carbocycles. The van der Waals surface area contributed by atoms with Gasteiger partial charge < -0.3 is 10.2 Å². The highest BCUT2D eigenvalue weighted by Gasteiger charge is 2.47. The van der Waals surface area contributed by atoms with Gasteiger partial charge in [0.1, 0.15) is 5.54 Å². The fourth-order valence-electron chi connectivity index (χ4n) is 3.67. The Hall–Kier alpha value is -1.51. The van der Waals surface area contributed by atoms with Crippen molar-refractivity contribution in [2.24, 2.45) is 0 Å². The summed E-state index contributed by atoms with van der Waals surface area (Å²) in [6.07, 6.45) is 5.55. The molecule has 0 saturated heterocycles. The van der Waals surface area contributed by atoms with E-state index in [-0.39, 0.29) is 11.4 Å². The molecule has 1 N–H and O–H groups in total. The first-order chi connectivity index (χ1) is 9.17. The largest absolute Gasteiger partial charge is 0.356 e. The van der Waals surface area contributed by atoms with Crippen molar-refractivity contribution in [3.63, 3.8) is 0 Å². The van der Waals surface area contributed by atoms with Gasteiger partial charge in [0.2, 0.25) is 5.91 Å². The Labute approximate surface area is 115 Å². The fraction of sp³-hybridized carbons (Fsp3) is 0.562. The van der Waals surface area contributed by atoms with E-state index in [0.717, 1.165) is 37.9 Å². The minimum absolute atomic E-state index is 0.199. The second-order valence-electron chi connectivity index (χ2n) is 5.81. The lowest BCUT2D eigenvalue weighted by atomic mass is 9.77.